The van der Waals surface area contributed by atoms with Crippen LogP contribution in [-0.2, 0) is 11.2 Å². The van der Waals surface area contributed by atoms with E-state index in [-0.39, 0.29) is 18.3 Å². The molecule has 2 heterocycles. The zero-order chi connectivity index (χ0) is 17.6. The van der Waals surface area contributed by atoms with Crippen molar-refractivity contribution in [1.29, 1.82) is 0 Å². The maximum Gasteiger partial charge on any atom is 0.226 e. The van der Waals surface area contributed by atoms with Gasteiger partial charge >= 0.3 is 0 Å². The van der Waals surface area contributed by atoms with E-state index in [4.69, 9.17) is 16.1 Å². The smallest absolute Gasteiger partial charge is 0.226 e. The molecule has 0 spiro atoms. The van der Waals surface area contributed by atoms with Crippen molar-refractivity contribution < 1.29 is 9.32 Å². The van der Waals surface area contributed by atoms with Crippen LogP contribution in [0.1, 0.15) is 25.2 Å². The van der Waals surface area contributed by atoms with Crippen molar-refractivity contribution in [2.75, 3.05) is 26.7 Å². The van der Waals surface area contributed by atoms with Gasteiger partial charge in [0.05, 0.1) is 0 Å². The van der Waals surface area contributed by atoms with Gasteiger partial charge in [0.25, 0.3) is 0 Å². The Bertz CT molecular complexity index is 705. The van der Waals surface area contributed by atoms with E-state index in [1.54, 1.807) is 12.1 Å². The molecule has 1 atom stereocenters. The summed E-state index contributed by atoms with van der Waals surface area (Å²) in [4.78, 5) is 18.6. The number of likely N-dealkylation sites (tertiary alicyclic amines) is 1. The van der Waals surface area contributed by atoms with Crippen LogP contribution in [0.2, 0.25) is 5.02 Å². The normalized spacial score (nSPS) is 16.5. The largest absolute Gasteiger partial charge is 0.342 e. The first kappa shape index (κ1) is 20.7. The summed E-state index contributed by atoms with van der Waals surface area (Å²) in [7, 11) is 1.95. The molecule has 1 aliphatic rings. The molecule has 1 aliphatic heterocycles. The van der Waals surface area contributed by atoms with Gasteiger partial charge in [0.2, 0.25) is 17.6 Å². The van der Waals surface area contributed by atoms with Crippen LogP contribution in [0, 0.1) is 5.92 Å². The van der Waals surface area contributed by atoms with E-state index < -0.39 is 0 Å². The van der Waals surface area contributed by atoms with Crippen LogP contribution < -0.4 is 5.32 Å². The number of aryl methyl sites for hydroxylation is 1. The zero-order valence-corrected chi connectivity index (χ0v) is 16.4. The minimum absolute atomic E-state index is 0. The molecule has 3 rings (SSSR count). The molecule has 142 valence electrons. The quantitative estimate of drug-likeness (QED) is 0.774. The van der Waals surface area contributed by atoms with E-state index >= 15 is 0 Å². The van der Waals surface area contributed by atoms with Gasteiger partial charge in [-0.25, -0.2) is 0 Å². The molecular weight excluding hydrogens is 375 g/mol. The molecular formula is C18H24Cl2N4O2. The molecule has 1 aromatic carbocycles. The highest BCUT2D eigenvalue weighted by molar-refractivity contribution is 6.30. The fourth-order valence-corrected chi connectivity index (χ4v) is 3.26. The number of benzene rings is 1. The standard InChI is InChI=1S/C18H23ClN4O2.ClH/c1-20-11-13-9-10-23(12-13)17(24)4-2-3-16-21-18(22-25-16)14-5-7-15(19)8-6-14;/h5-8,13,20H,2-4,9-12H2,1H3;1H. The van der Waals surface area contributed by atoms with E-state index in [1.165, 1.54) is 0 Å². The van der Waals surface area contributed by atoms with Gasteiger partial charge in [-0.2, -0.15) is 4.98 Å². The van der Waals surface area contributed by atoms with Gasteiger partial charge in [0.1, 0.15) is 0 Å². The average Bonchev–Trinajstić information content (AvgIpc) is 3.26. The molecule has 1 N–H and O–H groups in total. The van der Waals surface area contributed by atoms with E-state index in [0.29, 0.717) is 41.9 Å². The van der Waals surface area contributed by atoms with Crippen molar-refractivity contribution in [3.8, 4) is 11.4 Å². The Kier molecular flexibility index (Phi) is 7.87. The van der Waals surface area contributed by atoms with E-state index in [1.807, 2.05) is 24.1 Å². The predicted octanol–water partition coefficient (Wildman–Crippen LogP) is 3.20. The average molecular weight is 399 g/mol. The van der Waals surface area contributed by atoms with Gasteiger partial charge in [-0.05, 0) is 56.6 Å². The first-order valence-electron chi connectivity index (χ1n) is 8.66. The van der Waals surface area contributed by atoms with Crippen molar-refractivity contribution in [3.05, 3.63) is 35.2 Å². The number of hydrogen-bond donors (Lipinski definition) is 1. The second-order valence-corrected chi connectivity index (χ2v) is 6.86. The summed E-state index contributed by atoms with van der Waals surface area (Å²) in [6.07, 6.45) is 2.93. The van der Waals surface area contributed by atoms with Gasteiger partial charge in [-0.3, -0.25) is 4.79 Å². The van der Waals surface area contributed by atoms with Crippen LogP contribution in [0.4, 0.5) is 0 Å². The Labute approximate surface area is 164 Å². The lowest BCUT2D eigenvalue weighted by Gasteiger charge is -2.16. The van der Waals surface area contributed by atoms with Gasteiger partial charge < -0.3 is 14.7 Å². The van der Waals surface area contributed by atoms with E-state index in [2.05, 4.69) is 15.5 Å². The number of aromatic nitrogens is 2. The van der Waals surface area contributed by atoms with Gasteiger partial charge in [0, 0.05) is 36.5 Å². The number of halogens is 2. The molecule has 2 aromatic rings. The Morgan fingerprint density at radius 3 is 2.88 bits per heavy atom. The number of hydrogen-bond acceptors (Lipinski definition) is 5. The predicted molar refractivity (Wildman–Crippen MR) is 104 cm³/mol. The highest BCUT2D eigenvalue weighted by Crippen LogP contribution is 2.20. The number of carbonyl (C=O) groups excluding carboxylic acids is 1. The van der Waals surface area contributed by atoms with Crippen molar-refractivity contribution >= 4 is 29.9 Å². The summed E-state index contributed by atoms with van der Waals surface area (Å²) in [6.45, 7) is 2.70. The Hall–Kier alpha value is -1.63. The highest BCUT2D eigenvalue weighted by Gasteiger charge is 2.25. The van der Waals surface area contributed by atoms with Crippen molar-refractivity contribution in [1.82, 2.24) is 20.4 Å². The maximum atomic E-state index is 12.3. The molecule has 0 radical (unpaired) electrons. The van der Waals surface area contributed by atoms with Crippen LogP contribution in [0.25, 0.3) is 11.4 Å². The highest BCUT2D eigenvalue weighted by atomic mass is 35.5. The third-order valence-electron chi connectivity index (χ3n) is 4.48. The Balaban J connectivity index is 0.00000243. The molecule has 26 heavy (non-hydrogen) atoms. The van der Waals surface area contributed by atoms with Crippen molar-refractivity contribution in [2.45, 2.75) is 25.7 Å². The molecule has 8 heteroatoms. The number of nitrogens with zero attached hydrogens (tertiary/aromatic N) is 3. The number of carbonyl (C=O) groups is 1. The van der Waals surface area contributed by atoms with Crippen LogP contribution >= 0.6 is 24.0 Å². The summed E-state index contributed by atoms with van der Waals surface area (Å²) >= 11 is 5.88. The minimum atomic E-state index is 0. The summed E-state index contributed by atoms with van der Waals surface area (Å²) in [5, 5.41) is 7.84. The van der Waals surface area contributed by atoms with Crippen LogP contribution in [0.5, 0.6) is 0 Å². The molecule has 0 saturated carbocycles. The molecule has 6 nitrogen and oxygen atoms in total. The molecule has 1 aromatic heterocycles. The molecule has 0 bridgehead atoms. The van der Waals surface area contributed by atoms with Crippen LogP contribution in [0.3, 0.4) is 0 Å². The first-order valence-corrected chi connectivity index (χ1v) is 9.04. The molecule has 1 unspecified atom stereocenters. The SMILES string of the molecule is CNCC1CCN(C(=O)CCCc2nc(-c3ccc(Cl)cc3)no2)C1.Cl. The molecule has 1 fully saturated rings. The van der Waals surface area contributed by atoms with E-state index in [9.17, 15) is 4.79 Å². The summed E-state index contributed by atoms with van der Waals surface area (Å²) < 4.78 is 5.28. The topological polar surface area (TPSA) is 71.3 Å². The van der Waals surface area contributed by atoms with Crippen LogP contribution in [0.15, 0.2) is 28.8 Å². The van der Waals surface area contributed by atoms with Crippen LogP contribution in [-0.4, -0.2) is 47.6 Å². The lowest BCUT2D eigenvalue weighted by Crippen LogP contribution is -2.30. The van der Waals surface area contributed by atoms with Gasteiger partial charge in [-0.15, -0.1) is 12.4 Å². The Morgan fingerprint density at radius 1 is 1.38 bits per heavy atom. The third-order valence-corrected chi connectivity index (χ3v) is 4.74. The zero-order valence-electron chi connectivity index (χ0n) is 14.8. The summed E-state index contributed by atoms with van der Waals surface area (Å²) in [6, 6.07) is 7.30. The molecule has 0 aliphatic carbocycles. The summed E-state index contributed by atoms with van der Waals surface area (Å²) in [5.41, 5.74) is 0.864. The monoisotopic (exact) mass is 398 g/mol. The minimum Gasteiger partial charge on any atom is -0.342 e. The molecule has 1 saturated heterocycles. The number of amides is 1. The Morgan fingerprint density at radius 2 is 2.15 bits per heavy atom. The second-order valence-electron chi connectivity index (χ2n) is 6.42. The fraction of sp³-hybridized carbons (Fsp3) is 0.500. The number of rotatable bonds is 7. The van der Waals surface area contributed by atoms with Gasteiger partial charge in [0.15, 0.2) is 0 Å². The lowest BCUT2D eigenvalue weighted by atomic mass is 10.1. The fourth-order valence-electron chi connectivity index (χ4n) is 3.14. The van der Waals surface area contributed by atoms with Crippen molar-refractivity contribution in [3.63, 3.8) is 0 Å². The van der Waals surface area contributed by atoms with E-state index in [0.717, 1.165) is 31.6 Å². The first-order chi connectivity index (χ1) is 12.2. The maximum absolute atomic E-state index is 12.3. The van der Waals surface area contributed by atoms with Gasteiger partial charge in [-0.1, -0.05) is 16.8 Å². The summed E-state index contributed by atoms with van der Waals surface area (Å²) in [5.74, 6) is 1.91. The van der Waals surface area contributed by atoms with Crippen molar-refractivity contribution in [2.24, 2.45) is 5.92 Å². The third kappa shape index (κ3) is 5.43. The molecule has 1 amide bonds. The lowest BCUT2D eigenvalue weighted by molar-refractivity contribution is -0.130. The number of nitrogens with one attached hydrogen (secondary N) is 1. The second kappa shape index (κ2) is 9.90.